The fraction of sp³-hybridized carbons (Fsp3) is 0.312. The quantitative estimate of drug-likeness (QED) is 0.359. The first-order valence-electron chi connectivity index (χ1n) is 13.9. The Morgan fingerprint density at radius 3 is 2.17 bits per heavy atom. The van der Waals surface area contributed by atoms with Gasteiger partial charge in [0.1, 0.15) is 0 Å². The number of hydrogen-bond acceptors (Lipinski definition) is 4. The Hall–Kier alpha value is -3.40. The van der Waals surface area contributed by atoms with Crippen molar-refractivity contribution in [3.63, 3.8) is 0 Å². The number of halogens is 3. The zero-order chi connectivity index (χ0) is 28.8. The van der Waals surface area contributed by atoms with Crippen LogP contribution < -0.4 is 5.32 Å². The van der Waals surface area contributed by atoms with Crippen LogP contribution in [0.5, 0.6) is 0 Å². The third-order valence-electron chi connectivity index (χ3n) is 7.63. The lowest BCUT2D eigenvalue weighted by Crippen LogP contribution is -2.45. The molecule has 2 fully saturated rings. The SMILES string of the molecule is O=C(Nc1cc(Br)ccc1CN1CCN(Cc2ccccc2)CC1)C(=O)N1CCC(=Cc2ccc(F)c(F)c2)CC1. The molecule has 0 unspecified atom stereocenters. The minimum Gasteiger partial charge on any atom is -0.334 e. The van der Waals surface area contributed by atoms with Crippen LogP contribution in [0.3, 0.4) is 0 Å². The number of nitrogens with one attached hydrogen (secondary N) is 1. The minimum absolute atomic E-state index is 0.389. The van der Waals surface area contributed by atoms with E-state index in [-0.39, 0.29) is 0 Å². The molecule has 0 atom stereocenters. The summed E-state index contributed by atoms with van der Waals surface area (Å²) in [4.78, 5) is 32.4. The smallest absolute Gasteiger partial charge is 0.313 e. The lowest BCUT2D eigenvalue weighted by molar-refractivity contribution is -0.143. The molecule has 2 aliphatic heterocycles. The van der Waals surface area contributed by atoms with Gasteiger partial charge in [0.2, 0.25) is 0 Å². The molecular weight excluding hydrogens is 590 g/mol. The summed E-state index contributed by atoms with van der Waals surface area (Å²) < 4.78 is 27.6. The highest BCUT2D eigenvalue weighted by Gasteiger charge is 2.26. The van der Waals surface area contributed by atoms with Gasteiger partial charge in [-0.25, -0.2) is 8.78 Å². The summed E-state index contributed by atoms with van der Waals surface area (Å²) in [6.07, 6.45) is 2.95. The molecule has 1 N–H and O–H groups in total. The molecule has 5 rings (SSSR count). The monoisotopic (exact) mass is 622 g/mol. The second kappa shape index (κ2) is 13.5. The maximum atomic E-state index is 13.5. The summed E-state index contributed by atoms with van der Waals surface area (Å²) in [7, 11) is 0. The number of rotatable bonds is 6. The maximum Gasteiger partial charge on any atom is 0.313 e. The van der Waals surface area contributed by atoms with Crippen LogP contribution in [0.1, 0.15) is 29.5 Å². The highest BCUT2D eigenvalue weighted by atomic mass is 79.9. The first-order valence-corrected chi connectivity index (χ1v) is 14.6. The fourth-order valence-corrected chi connectivity index (χ4v) is 5.65. The van der Waals surface area contributed by atoms with Crippen LogP contribution in [-0.4, -0.2) is 65.8 Å². The lowest BCUT2D eigenvalue weighted by Gasteiger charge is -2.35. The Morgan fingerprint density at radius 2 is 1.49 bits per heavy atom. The van der Waals surface area contributed by atoms with Gasteiger partial charge < -0.3 is 10.2 Å². The second-order valence-electron chi connectivity index (χ2n) is 10.6. The van der Waals surface area contributed by atoms with E-state index < -0.39 is 23.4 Å². The second-order valence-corrected chi connectivity index (χ2v) is 11.5. The zero-order valence-corrected chi connectivity index (χ0v) is 24.4. The molecule has 9 heteroatoms. The van der Waals surface area contributed by atoms with Crippen molar-refractivity contribution < 1.29 is 18.4 Å². The van der Waals surface area contributed by atoms with Crippen LogP contribution in [0.15, 0.2) is 76.8 Å². The van der Waals surface area contributed by atoms with Crippen molar-refractivity contribution in [3.8, 4) is 0 Å². The molecule has 0 aromatic heterocycles. The molecule has 2 amide bonds. The number of amides is 2. The number of benzene rings is 3. The van der Waals surface area contributed by atoms with Crippen LogP contribution in [0, 0.1) is 11.6 Å². The van der Waals surface area contributed by atoms with E-state index in [2.05, 4.69) is 55.3 Å². The van der Waals surface area contributed by atoms with Crippen molar-refractivity contribution in [2.75, 3.05) is 44.6 Å². The van der Waals surface area contributed by atoms with E-state index in [4.69, 9.17) is 0 Å². The van der Waals surface area contributed by atoms with Gasteiger partial charge in [0.15, 0.2) is 11.6 Å². The molecule has 214 valence electrons. The summed E-state index contributed by atoms with van der Waals surface area (Å²) >= 11 is 3.49. The van der Waals surface area contributed by atoms with Gasteiger partial charge in [-0.1, -0.05) is 70.0 Å². The fourth-order valence-electron chi connectivity index (χ4n) is 5.29. The van der Waals surface area contributed by atoms with E-state index >= 15 is 0 Å². The Balaban J connectivity index is 1.14. The number of anilines is 1. The number of carbonyl (C=O) groups is 2. The van der Waals surface area contributed by atoms with Crippen molar-refractivity contribution in [3.05, 3.63) is 105 Å². The summed E-state index contributed by atoms with van der Waals surface area (Å²) in [5, 5.41) is 2.85. The highest BCUT2D eigenvalue weighted by molar-refractivity contribution is 9.10. The summed E-state index contributed by atoms with van der Waals surface area (Å²) in [5.74, 6) is -3.00. The minimum atomic E-state index is -0.888. The average molecular weight is 624 g/mol. The summed E-state index contributed by atoms with van der Waals surface area (Å²) in [5.41, 5.74) is 4.50. The van der Waals surface area contributed by atoms with Crippen LogP contribution in [0.25, 0.3) is 6.08 Å². The van der Waals surface area contributed by atoms with Crippen molar-refractivity contribution in [2.24, 2.45) is 0 Å². The molecule has 3 aromatic carbocycles. The van der Waals surface area contributed by atoms with Gasteiger partial charge in [0.25, 0.3) is 0 Å². The highest BCUT2D eigenvalue weighted by Crippen LogP contribution is 2.25. The van der Waals surface area contributed by atoms with Crippen molar-refractivity contribution >= 4 is 39.5 Å². The Kier molecular flexibility index (Phi) is 9.59. The molecule has 2 saturated heterocycles. The van der Waals surface area contributed by atoms with E-state index in [1.165, 1.54) is 11.6 Å². The van der Waals surface area contributed by atoms with Gasteiger partial charge >= 0.3 is 11.8 Å². The molecule has 0 radical (unpaired) electrons. The summed E-state index contributed by atoms with van der Waals surface area (Å²) in [6, 6.07) is 20.0. The molecule has 0 aliphatic carbocycles. The van der Waals surface area contributed by atoms with Crippen LogP contribution in [0.4, 0.5) is 14.5 Å². The van der Waals surface area contributed by atoms with E-state index in [1.807, 2.05) is 30.3 Å². The van der Waals surface area contributed by atoms with Crippen LogP contribution in [-0.2, 0) is 22.7 Å². The predicted octanol–water partition coefficient (Wildman–Crippen LogP) is 5.69. The first-order chi connectivity index (χ1) is 19.8. The van der Waals surface area contributed by atoms with Gasteiger partial charge in [-0.05, 0) is 53.8 Å². The molecule has 0 bridgehead atoms. The van der Waals surface area contributed by atoms with Gasteiger partial charge in [-0.2, -0.15) is 0 Å². The van der Waals surface area contributed by atoms with E-state index in [0.29, 0.717) is 43.7 Å². The number of nitrogens with zero attached hydrogens (tertiary/aromatic N) is 3. The third kappa shape index (κ3) is 7.87. The zero-order valence-electron chi connectivity index (χ0n) is 22.8. The molecule has 2 aliphatic rings. The number of hydrogen-bond donors (Lipinski definition) is 1. The lowest BCUT2D eigenvalue weighted by atomic mass is 10.0. The van der Waals surface area contributed by atoms with Gasteiger partial charge in [-0.3, -0.25) is 19.4 Å². The Morgan fingerprint density at radius 1 is 0.805 bits per heavy atom. The Labute approximate surface area is 247 Å². The third-order valence-corrected chi connectivity index (χ3v) is 8.12. The standard InChI is InChI=1S/C32H33BrF2N4O2/c33-27-8-7-26(22-38-16-14-37(15-17-38)21-24-4-2-1-3-5-24)30(20-27)36-31(40)32(41)39-12-10-23(11-13-39)18-25-6-9-28(34)29(35)19-25/h1-9,18-20H,10-17,21-22H2,(H,36,40). The molecule has 2 heterocycles. The Bertz CT molecular complexity index is 1410. The molecule has 41 heavy (non-hydrogen) atoms. The molecule has 0 saturated carbocycles. The average Bonchev–Trinajstić information content (AvgIpc) is 2.98. The van der Waals surface area contributed by atoms with Crippen LogP contribution >= 0.6 is 15.9 Å². The van der Waals surface area contributed by atoms with E-state index in [9.17, 15) is 18.4 Å². The van der Waals surface area contributed by atoms with Gasteiger partial charge in [0.05, 0.1) is 0 Å². The largest absolute Gasteiger partial charge is 0.334 e. The summed E-state index contributed by atoms with van der Waals surface area (Å²) in [6.45, 7) is 6.17. The van der Waals surface area contributed by atoms with Crippen molar-refractivity contribution in [1.82, 2.24) is 14.7 Å². The van der Waals surface area contributed by atoms with E-state index in [0.717, 1.165) is 60.5 Å². The van der Waals surface area contributed by atoms with Crippen molar-refractivity contribution in [2.45, 2.75) is 25.9 Å². The number of likely N-dealkylation sites (tertiary alicyclic amines) is 1. The normalized spacial score (nSPS) is 16.5. The van der Waals surface area contributed by atoms with Gasteiger partial charge in [-0.15, -0.1) is 0 Å². The van der Waals surface area contributed by atoms with E-state index in [1.54, 1.807) is 4.90 Å². The predicted molar refractivity (Wildman–Crippen MR) is 160 cm³/mol. The molecular formula is C32H33BrF2N4O2. The van der Waals surface area contributed by atoms with Crippen LogP contribution in [0.2, 0.25) is 0 Å². The molecule has 3 aromatic rings. The number of carbonyl (C=O) groups excluding carboxylic acids is 2. The van der Waals surface area contributed by atoms with Crippen molar-refractivity contribution in [1.29, 1.82) is 0 Å². The molecule has 6 nitrogen and oxygen atoms in total. The first kappa shape index (κ1) is 29.1. The maximum absolute atomic E-state index is 13.5. The topological polar surface area (TPSA) is 55.9 Å². The number of piperidine rings is 1. The molecule has 0 spiro atoms. The number of piperazine rings is 1. The van der Waals surface area contributed by atoms with Gasteiger partial charge in [0, 0.05) is 62.5 Å².